The third-order valence-corrected chi connectivity index (χ3v) is 5.32. The molecule has 2 amide bonds. The number of hydrogen-bond donors (Lipinski definition) is 3. The van der Waals surface area contributed by atoms with Crippen molar-refractivity contribution in [1.82, 2.24) is 15.5 Å². The minimum atomic E-state index is -0.894. The summed E-state index contributed by atoms with van der Waals surface area (Å²) in [6.45, 7) is 1.28. The molecule has 1 aromatic carbocycles. The third kappa shape index (κ3) is 4.55. The fourth-order valence-electron chi connectivity index (χ4n) is 2.63. The average Bonchev–Trinajstić information content (AvgIpc) is 3.40. The highest BCUT2D eigenvalue weighted by Gasteiger charge is 2.29. The molecule has 0 aliphatic heterocycles. The van der Waals surface area contributed by atoms with E-state index in [1.807, 2.05) is 0 Å². The minimum absolute atomic E-state index is 0.0242. The first kappa shape index (κ1) is 22.4. The molecule has 5 N–H and O–H groups in total. The van der Waals surface area contributed by atoms with Crippen LogP contribution in [0.5, 0.6) is 0 Å². The predicted octanol–water partition coefficient (Wildman–Crippen LogP) is 1.35. The first-order valence-electron chi connectivity index (χ1n) is 9.00. The topological polar surface area (TPSA) is 181 Å². The van der Waals surface area contributed by atoms with Gasteiger partial charge in [-0.3, -0.25) is 14.4 Å². The van der Waals surface area contributed by atoms with Gasteiger partial charge in [0.25, 0.3) is 5.91 Å². The Bertz CT molecular complexity index is 1220. The van der Waals surface area contributed by atoms with Crippen LogP contribution in [0.3, 0.4) is 0 Å². The summed E-state index contributed by atoms with van der Waals surface area (Å²) in [5.74, 6) is -2.96. The number of ketones is 1. The van der Waals surface area contributed by atoms with Gasteiger partial charge >= 0.3 is 0 Å². The summed E-state index contributed by atoms with van der Waals surface area (Å²) in [4.78, 5) is 42.1. The number of nitrogens with one attached hydrogen (secondary N) is 1. The van der Waals surface area contributed by atoms with Crippen LogP contribution in [-0.4, -0.2) is 40.3 Å². The first-order chi connectivity index (χ1) is 15.2. The Hall–Kier alpha value is -4.31. The van der Waals surface area contributed by atoms with Crippen LogP contribution in [0, 0.1) is 17.1 Å². The van der Waals surface area contributed by atoms with Gasteiger partial charge in [-0.2, -0.15) is 5.26 Å². The molecule has 164 valence electrons. The van der Waals surface area contributed by atoms with Gasteiger partial charge in [-0.15, -0.1) is 0 Å². The number of halogens is 1. The Kier molecular flexibility index (Phi) is 6.45. The molecular formula is C19H16FN7O4S. The van der Waals surface area contributed by atoms with Crippen LogP contribution in [0.1, 0.15) is 32.8 Å². The van der Waals surface area contributed by atoms with Gasteiger partial charge in [0.05, 0.1) is 6.07 Å². The zero-order valence-corrected chi connectivity index (χ0v) is 17.4. The molecule has 13 heteroatoms. The number of aromatic nitrogens is 2. The van der Waals surface area contributed by atoms with E-state index in [1.165, 1.54) is 36.1 Å². The normalized spacial score (nSPS) is 11.4. The summed E-state index contributed by atoms with van der Waals surface area (Å²) >= 11 is 0.854. The van der Waals surface area contributed by atoms with E-state index in [-0.39, 0.29) is 33.8 Å². The molecule has 0 fully saturated rings. The molecule has 0 saturated heterocycles. The smallest absolute Gasteiger partial charge is 0.274 e. The fourth-order valence-corrected chi connectivity index (χ4v) is 3.66. The number of anilines is 3. The SMILES string of the molecule is CC(C(N)=O)N(c1ccc(F)cc1)c1nc(N)c(C(=O)c2cc(C(=O)NCC#N)no2)s1. The maximum absolute atomic E-state index is 13.4. The number of hydrogen-bond acceptors (Lipinski definition) is 10. The summed E-state index contributed by atoms with van der Waals surface area (Å²) in [6.07, 6.45) is 0. The van der Waals surface area contributed by atoms with Gasteiger partial charge in [0.2, 0.25) is 17.5 Å². The molecule has 0 aliphatic carbocycles. The minimum Gasteiger partial charge on any atom is -0.382 e. The van der Waals surface area contributed by atoms with Crippen molar-refractivity contribution in [1.29, 1.82) is 5.26 Å². The number of nitriles is 1. The summed E-state index contributed by atoms with van der Waals surface area (Å²) < 4.78 is 18.3. The molecule has 1 atom stereocenters. The van der Waals surface area contributed by atoms with Crippen molar-refractivity contribution >= 4 is 45.6 Å². The Balaban J connectivity index is 1.94. The molecule has 0 spiro atoms. The van der Waals surface area contributed by atoms with Crippen LogP contribution in [0.25, 0.3) is 0 Å². The summed E-state index contributed by atoms with van der Waals surface area (Å²) in [5, 5.41) is 14.5. The molecular weight excluding hydrogens is 441 g/mol. The number of carbonyl (C=O) groups is 3. The predicted molar refractivity (Wildman–Crippen MR) is 112 cm³/mol. The second-order valence-electron chi connectivity index (χ2n) is 6.38. The van der Waals surface area contributed by atoms with E-state index in [0.717, 1.165) is 17.4 Å². The molecule has 3 aromatic rings. The van der Waals surface area contributed by atoms with E-state index in [1.54, 1.807) is 6.07 Å². The van der Waals surface area contributed by atoms with Gasteiger partial charge in [-0.1, -0.05) is 16.5 Å². The molecule has 3 rings (SSSR count). The molecule has 0 saturated carbocycles. The van der Waals surface area contributed by atoms with E-state index >= 15 is 0 Å². The van der Waals surface area contributed by atoms with Gasteiger partial charge in [-0.25, -0.2) is 9.37 Å². The second-order valence-corrected chi connectivity index (χ2v) is 7.36. The zero-order chi connectivity index (χ0) is 23.4. The number of benzene rings is 1. The van der Waals surface area contributed by atoms with Crippen LogP contribution in [-0.2, 0) is 4.79 Å². The van der Waals surface area contributed by atoms with Crippen molar-refractivity contribution in [3.05, 3.63) is 52.5 Å². The van der Waals surface area contributed by atoms with Gasteiger partial charge < -0.3 is 26.2 Å². The monoisotopic (exact) mass is 457 g/mol. The second kappa shape index (κ2) is 9.23. The summed E-state index contributed by atoms with van der Waals surface area (Å²) in [5.41, 5.74) is 11.6. The van der Waals surface area contributed by atoms with E-state index in [4.69, 9.17) is 21.3 Å². The summed E-state index contributed by atoms with van der Waals surface area (Å²) in [6, 6.07) is 7.21. The van der Waals surface area contributed by atoms with Crippen LogP contribution in [0.4, 0.5) is 21.0 Å². The van der Waals surface area contributed by atoms with Crippen LogP contribution >= 0.6 is 11.3 Å². The Morgan fingerprint density at radius 1 is 1.34 bits per heavy atom. The molecule has 32 heavy (non-hydrogen) atoms. The third-order valence-electron chi connectivity index (χ3n) is 4.25. The zero-order valence-electron chi connectivity index (χ0n) is 16.5. The maximum atomic E-state index is 13.4. The molecule has 0 aliphatic rings. The quantitative estimate of drug-likeness (QED) is 0.332. The van der Waals surface area contributed by atoms with Crippen molar-refractivity contribution in [3.8, 4) is 6.07 Å². The molecule has 0 radical (unpaired) electrons. The standard InChI is InChI=1S/C19H16FN7O4S/c1-9(17(23)29)27(11-4-2-10(20)3-5-11)19-25-16(22)15(32-19)14(28)13-8-12(26-31-13)18(30)24-7-6-21/h2-5,8-9H,7,22H2,1H3,(H2,23,29)(H,24,30). The highest BCUT2D eigenvalue weighted by Crippen LogP contribution is 2.36. The fraction of sp³-hybridized carbons (Fsp3) is 0.158. The number of nitrogens with two attached hydrogens (primary N) is 2. The first-order valence-corrected chi connectivity index (χ1v) is 9.81. The van der Waals surface area contributed by atoms with E-state index in [9.17, 15) is 18.8 Å². The number of nitrogens with zero attached hydrogens (tertiary/aromatic N) is 4. The summed E-state index contributed by atoms with van der Waals surface area (Å²) in [7, 11) is 0. The van der Waals surface area contributed by atoms with Crippen LogP contribution in [0.2, 0.25) is 0 Å². The van der Waals surface area contributed by atoms with Crippen molar-refractivity contribution in [2.45, 2.75) is 13.0 Å². The lowest BCUT2D eigenvalue weighted by Gasteiger charge is -2.26. The highest BCUT2D eigenvalue weighted by atomic mass is 32.1. The maximum Gasteiger partial charge on any atom is 0.274 e. The number of thiazole rings is 1. The Labute approximate surface area is 184 Å². The lowest BCUT2D eigenvalue weighted by atomic mass is 10.2. The lowest BCUT2D eigenvalue weighted by molar-refractivity contribution is -0.118. The van der Waals surface area contributed by atoms with Gasteiger partial charge in [-0.05, 0) is 31.2 Å². The molecule has 2 heterocycles. The van der Waals surface area contributed by atoms with Crippen LogP contribution in [0.15, 0.2) is 34.9 Å². The van der Waals surface area contributed by atoms with Crippen molar-refractivity contribution < 1.29 is 23.3 Å². The van der Waals surface area contributed by atoms with E-state index < -0.39 is 29.5 Å². The number of nitrogen functional groups attached to an aromatic ring is 1. The van der Waals surface area contributed by atoms with E-state index in [0.29, 0.717) is 5.69 Å². The number of carbonyl (C=O) groups excluding carboxylic acids is 3. The Morgan fingerprint density at radius 3 is 2.66 bits per heavy atom. The van der Waals surface area contributed by atoms with Crippen molar-refractivity contribution in [3.63, 3.8) is 0 Å². The lowest BCUT2D eigenvalue weighted by Crippen LogP contribution is -2.39. The molecule has 1 unspecified atom stereocenters. The average molecular weight is 457 g/mol. The number of amides is 2. The molecule has 11 nitrogen and oxygen atoms in total. The highest BCUT2D eigenvalue weighted by molar-refractivity contribution is 7.18. The van der Waals surface area contributed by atoms with Gasteiger partial charge in [0, 0.05) is 11.8 Å². The van der Waals surface area contributed by atoms with Gasteiger partial charge in [0.15, 0.2) is 10.8 Å². The van der Waals surface area contributed by atoms with Crippen molar-refractivity contribution in [2.24, 2.45) is 5.73 Å². The van der Waals surface area contributed by atoms with Gasteiger partial charge in [0.1, 0.15) is 29.1 Å². The number of rotatable bonds is 8. The number of primary amides is 1. The Morgan fingerprint density at radius 2 is 2.03 bits per heavy atom. The van der Waals surface area contributed by atoms with E-state index in [2.05, 4.69) is 15.5 Å². The molecule has 0 bridgehead atoms. The largest absolute Gasteiger partial charge is 0.382 e. The van der Waals surface area contributed by atoms with Crippen LogP contribution < -0.4 is 21.7 Å². The molecule has 2 aromatic heterocycles. The van der Waals surface area contributed by atoms with Crippen molar-refractivity contribution in [2.75, 3.05) is 17.2 Å².